The molecule has 0 atom stereocenters. The molecule has 1 amide bonds. The van der Waals surface area contributed by atoms with E-state index in [-0.39, 0.29) is 27.5 Å². The Bertz CT molecular complexity index is 907. The predicted molar refractivity (Wildman–Crippen MR) is 91.2 cm³/mol. The van der Waals surface area contributed by atoms with E-state index >= 15 is 0 Å². The molecule has 0 saturated heterocycles. The van der Waals surface area contributed by atoms with E-state index in [4.69, 9.17) is 11.6 Å². The lowest BCUT2D eigenvalue weighted by Gasteiger charge is -2.14. The van der Waals surface area contributed by atoms with Crippen LogP contribution in [0, 0.1) is 0 Å². The van der Waals surface area contributed by atoms with Gasteiger partial charge < -0.3 is 15.2 Å². The molecule has 0 spiro atoms. The van der Waals surface area contributed by atoms with Crippen LogP contribution in [-0.4, -0.2) is 20.3 Å². The van der Waals surface area contributed by atoms with Crippen molar-refractivity contribution in [1.29, 1.82) is 0 Å². The maximum Gasteiger partial charge on any atom is 0.224 e. The summed E-state index contributed by atoms with van der Waals surface area (Å²) in [6, 6.07) is 8.86. The molecule has 0 aromatic heterocycles. The molecule has 2 rings (SSSR count). The minimum atomic E-state index is -3.98. The van der Waals surface area contributed by atoms with E-state index in [2.05, 4.69) is 5.32 Å². The van der Waals surface area contributed by atoms with E-state index in [1.165, 1.54) is 24.3 Å². The second-order valence-electron chi connectivity index (χ2n) is 5.25. The first kappa shape index (κ1) is 19.0. The van der Waals surface area contributed by atoms with Crippen molar-refractivity contribution >= 4 is 39.0 Å². The van der Waals surface area contributed by atoms with Gasteiger partial charge in [0.2, 0.25) is 15.7 Å². The highest BCUT2D eigenvalue weighted by atomic mass is 35.5. The molecule has 0 aliphatic rings. The number of aromatic carboxylic acids is 1. The number of hydrogen-bond donors (Lipinski definition) is 1. The second kappa shape index (κ2) is 7.67. The average molecular weight is 381 g/mol. The number of benzene rings is 2. The van der Waals surface area contributed by atoms with Gasteiger partial charge in [-0.05, 0) is 48.4 Å². The Balaban J connectivity index is 2.56. The Morgan fingerprint density at radius 3 is 2.32 bits per heavy atom. The molecule has 2 aromatic rings. The van der Waals surface area contributed by atoms with Crippen LogP contribution in [0.2, 0.25) is 5.02 Å². The van der Waals surface area contributed by atoms with E-state index in [9.17, 15) is 23.1 Å². The molecule has 0 saturated carbocycles. The van der Waals surface area contributed by atoms with Crippen molar-refractivity contribution in [3.05, 3.63) is 53.1 Å². The lowest BCUT2D eigenvalue weighted by atomic mass is 10.2. The number of carbonyl (C=O) groups is 2. The van der Waals surface area contributed by atoms with Crippen LogP contribution in [0.5, 0.6) is 0 Å². The van der Waals surface area contributed by atoms with Crippen LogP contribution >= 0.6 is 11.6 Å². The van der Waals surface area contributed by atoms with Gasteiger partial charge in [-0.25, -0.2) is 8.42 Å². The number of sulfone groups is 1. The van der Waals surface area contributed by atoms with Crippen LogP contribution < -0.4 is 10.4 Å². The molecule has 0 bridgehead atoms. The van der Waals surface area contributed by atoms with Gasteiger partial charge in [-0.15, -0.1) is 0 Å². The normalized spacial score (nSPS) is 11.1. The standard InChI is InChI=1S/C17H16ClNO5S/c1-2-3-16(20)19-14-10-11(17(21)22)4-9-15(14)25(23,24)13-7-5-12(18)6-8-13/h4-10H,2-3H2,1H3,(H,19,20)(H,21,22)/p-1. The van der Waals surface area contributed by atoms with Gasteiger partial charge in [-0.2, -0.15) is 0 Å². The summed E-state index contributed by atoms with van der Waals surface area (Å²) in [5.74, 6) is -1.88. The molecular formula is C17H15ClNO5S-. The van der Waals surface area contributed by atoms with Crippen molar-refractivity contribution in [3.63, 3.8) is 0 Å². The first-order valence-corrected chi connectivity index (χ1v) is 9.27. The third kappa shape index (κ3) is 4.37. The molecule has 0 fully saturated rings. The number of amides is 1. The monoisotopic (exact) mass is 380 g/mol. The summed E-state index contributed by atoms with van der Waals surface area (Å²) in [4.78, 5) is 22.7. The number of anilines is 1. The Morgan fingerprint density at radius 2 is 1.76 bits per heavy atom. The lowest BCUT2D eigenvalue weighted by molar-refractivity contribution is -0.255. The van der Waals surface area contributed by atoms with Crippen molar-refractivity contribution in [3.8, 4) is 0 Å². The highest BCUT2D eigenvalue weighted by Gasteiger charge is 2.22. The van der Waals surface area contributed by atoms with Gasteiger partial charge >= 0.3 is 0 Å². The molecule has 25 heavy (non-hydrogen) atoms. The van der Waals surface area contributed by atoms with Gasteiger partial charge in [-0.3, -0.25) is 4.79 Å². The third-order valence-electron chi connectivity index (χ3n) is 3.38. The van der Waals surface area contributed by atoms with Crippen LogP contribution in [0.4, 0.5) is 5.69 Å². The minimum absolute atomic E-state index is 0.0240. The van der Waals surface area contributed by atoms with Gasteiger partial charge in [0.05, 0.1) is 21.4 Å². The largest absolute Gasteiger partial charge is 0.545 e. The quantitative estimate of drug-likeness (QED) is 0.827. The summed E-state index contributed by atoms with van der Waals surface area (Å²) in [5.41, 5.74) is -0.336. The number of carboxylic acids is 1. The second-order valence-corrected chi connectivity index (χ2v) is 7.61. The Morgan fingerprint density at radius 1 is 1.12 bits per heavy atom. The SMILES string of the molecule is CCCC(=O)Nc1cc(C(=O)[O-])ccc1S(=O)(=O)c1ccc(Cl)cc1. The first-order chi connectivity index (χ1) is 11.8. The summed E-state index contributed by atoms with van der Waals surface area (Å²) >= 11 is 5.77. The zero-order valence-electron chi connectivity index (χ0n) is 13.3. The predicted octanol–water partition coefficient (Wildman–Crippen LogP) is 2.27. The number of nitrogens with one attached hydrogen (secondary N) is 1. The van der Waals surface area contributed by atoms with E-state index in [1.807, 2.05) is 0 Å². The zero-order chi connectivity index (χ0) is 18.6. The van der Waals surface area contributed by atoms with Crippen LogP contribution in [0.1, 0.15) is 30.1 Å². The number of rotatable bonds is 6. The molecule has 0 unspecified atom stereocenters. The van der Waals surface area contributed by atoms with Gasteiger partial charge in [0, 0.05) is 11.4 Å². The van der Waals surface area contributed by atoms with Crippen LogP contribution in [0.25, 0.3) is 0 Å². The molecule has 0 radical (unpaired) electrons. The number of carbonyl (C=O) groups excluding carboxylic acids is 2. The summed E-state index contributed by atoms with van der Waals surface area (Å²) in [5, 5.41) is 13.9. The van der Waals surface area contributed by atoms with Gasteiger partial charge in [0.15, 0.2) is 0 Å². The Kier molecular flexibility index (Phi) is 5.81. The first-order valence-electron chi connectivity index (χ1n) is 7.41. The van der Waals surface area contributed by atoms with Crippen molar-refractivity contribution in [2.75, 3.05) is 5.32 Å². The van der Waals surface area contributed by atoms with Crippen LogP contribution in [0.15, 0.2) is 52.3 Å². The lowest BCUT2D eigenvalue weighted by Crippen LogP contribution is -2.23. The minimum Gasteiger partial charge on any atom is -0.545 e. The van der Waals surface area contributed by atoms with Crippen LogP contribution in [-0.2, 0) is 14.6 Å². The number of hydrogen-bond acceptors (Lipinski definition) is 5. The van der Waals surface area contributed by atoms with Crippen molar-refractivity contribution in [2.45, 2.75) is 29.6 Å². The summed E-state index contributed by atoms with van der Waals surface area (Å²) in [6.45, 7) is 1.79. The third-order valence-corrected chi connectivity index (χ3v) is 5.46. The molecule has 0 aliphatic carbocycles. The fraction of sp³-hybridized carbons (Fsp3) is 0.176. The van der Waals surface area contributed by atoms with E-state index in [0.29, 0.717) is 11.4 Å². The molecule has 1 N–H and O–H groups in total. The highest BCUT2D eigenvalue weighted by molar-refractivity contribution is 7.91. The van der Waals surface area contributed by atoms with Crippen molar-refractivity contribution in [2.24, 2.45) is 0 Å². The average Bonchev–Trinajstić information content (AvgIpc) is 2.55. The summed E-state index contributed by atoms with van der Waals surface area (Å²) in [6.07, 6.45) is 0.737. The highest BCUT2D eigenvalue weighted by Crippen LogP contribution is 2.29. The Hall–Kier alpha value is -2.38. The molecule has 6 nitrogen and oxygen atoms in total. The summed E-state index contributed by atoms with van der Waals surface area (Å²) in [7, 11) is -3.98. The number of carboxylic acid groups (broad SMARTS) is 1. The molecule has 8 heteroatoms. The molecule has 2 aromatic carbocycles. The van der Waals surface area contributed by atoms with E-state index in [0.717, 1.165) is 18.2 Å². The number of halogens is 1. The molecule has 0 aliphatic heterocycles. The van der Waals surface area contributed by atoms with E-state index in [1.54, 1.807) is 6.92 Å². The molecule has 132 valence electrons. The maximum atomic E-state index is 12.8. The van der Waals surface area contributed by atoms with Crippen LogP contribution in [0.3, 0.4) is 0 Å². The van der Waals surface area contributed by atoms with Gasteiger partial charge in [-0.1, -0.05) is 24.6 Å². The van der Waals surface area contributed by atoms with E-state index < -0.39 is 21.7 Å². The zero-order valence-corrected chi connectivity index (χ0v) is 14.9. The Labute approximate surface area is 150 Å². The van der Waals surface area contributed by atoms with Gasteiger partial charge in [0.25, 0.3) is 0 Å². The maximum absolute atomic E-state index is 12.8. The topological polar surface area (TPSA) is 103 Å². The van der Waals surface area contributed by atoms with Crippen molar-refractivity contribution in [1.82, 2.24) is 0 Å². The fourth-order valence-corrected chi connectivity index (χ4v) is 3.69. The molecular weight excluding hydrogens is 366 g/mol. The fourth-order valence-electron chi connectivity index (χ4n) is 2.17. The molecule has 0 heterocycles. The summed E-state index contributed by atoms with van der Waals surface area (Å²) < 4.78 is 25.7. The smallest absolute Gasteiger partial charge is 0.224 e. The van der Waals surface area contributed by atoms with Gasteiger partial charge in [0.1, 0.15) is 0 Å². The van der Waals surface area contributed by atoms with Crippen molar-refractivity contribution < 1.29 is 23.1 Å².